The molecule has 0 unspecified atom stereocenters. The smallest absolute Gasteiger partial charge is 0.485 e. The van der Waals surface area contributed by atoms with E-state index < -0.39 is 31.3 Å². The van der Waals surface area contributed by atoms with Crippen LogP contribution in [0.3, 0.4) is 0 Å². The van der Waals surface area contributed by atoms with Gasteiger partial charge in [0.05, 0.1) is 0 Å². The monoisotopic (exact) mass is 550 g/mol. The van der Waals surface area contributed by atoms with E-state index in [0.29, 0.717) is 0 Å². The minimum atomic E-state index is -6.09. The zero-order valence-corrected chi connectivity index (χ0v) is 15.5. The molecule has 0 aromatic heterocycles. The molecule has 134 valence electrons. The van der Waals surface area contributed by atoms with E-state index in [-0.39, 0.29) is 25.8 Å². The van der Waals surface area contributed by atoms with E-state index in [9.17, 15) is 26.3 Å². The standard InChI is InChI=1S/C4H8O.2CHF3O3S.Hf/c1-2-4-5-3-1;2*2-1(3,4)8(5,6)7;/h1-4H2;2*(H,5,6,7);/p-2. The third kappa shape index (κ3) is 13.9. The van der Waals surface area contributed by atoms with Gasteiger partial charge in [0.2, 0.25) is 0 Å². The van der Waals surface area contributed by atoms with Crippen molar-refractivity contribution in [3.05, 3.63) is 0 Å². The Labute approximate surface area is 140 Å². The third-order valence-electron chi connectivity index (χ3n) is 1.39. The van der Waals surface area contributed by atoms with E-state index >= 15 is 0 Å². The van der Waals surface area contributed by atoms with Crippen LogP contribution in [0.25, 0.3) is 0 Å². The molecule has 0 aromatic carbocycles. The van der Waals surface area contributed by atoms with Crippen molar-refractivity contribution in [2.45, 2.75) is 23.9 Å². The molecule has 0 aromatic rings. The summed E-state index contributed by atoms with van der Waals surface area (Å²) < 4.78 is 123. The van der Waals surface area contributed by atoms with Crippen molar-refractivity contribution in [2.75, 3.05) is 13.2 Å². The average molecular weight is 549 g/mol. The maximum Gasteiger partial charge on any atom is 0.485 e. The Morgan fingerprint density at radius 2 is 0.909 bits per heavy atom. The molecular formula is C6H8F6HfO7S2-2. The Hall–Kier alpha value is 0.230. The van der Waals surface area contributed by atoms with Gasteiger partial charge in [-0.05, 0) is 12.8 Å². The summed E-state index contributed by atoms with van der Waals surface area (Å²) in [5.41, 5.74) is -11.3. The van der Waals surface area contributed by atoms with Gasteiger partial charge in [0.1, 0.15) is 0 Å². The molecular weight excluding hydrogens is 541 g/mol. The largest absolute Gasteiger partial charge is 0.741 e. The van der Waals surface area contributed by atoms with Gasteiger partial charge in [-0.3, -0.25) is 0 Å². The molecule has 0 N–H and O–H groups in total. The van der Waals surface area contributed by atoms with Crippen molar-refractivity contribution in [1.82, 2.24) is 0 Å². The second kappa shape index (κ2) is 10.2. The van der Waals surface area contributed by atoms with Gasteiger partial charge >= 0.3 is 11.0 Å². The molecule has 1 fully saturated rings. The number of halogens is 6. The van der Waals surface area contributed by atoms with Crippen LogP contribution in [0.1, 0.15) is 12.8 Å². The average Bonchev–Trinajstić information content (AvgIpc) is 2.68. The van der Waals surface area contributed by atoms with E-state index in [1.807, 2.05) is 0 Å². The summed E-state index contributed by atoms with van der Waals surface area (Å²) in [6.45, 7) is 2.00. The molecule has 0 aliphatic carbocycles. The summed E-state index contributed by atoms with van der Waals surface area (Å²) in [6.07, 6.45) is 2.56. The molecule has 0 saturated carbocycles. The molecule has 0 spiro atoms. The maximum absolute atomic E-state index is 10.7. The van der Waals surface area contributed by atoms with Crippen LogP contribution in [-0.2, 0) is 50.8 Å². The van der Waals surface area contributed by atoms with Crippen LogP contribution in [0.5, 0.6) is 0 Å². The van der Waals surface area contributed by atoms with Gasteiger partial charge in [0.15, 0.2) is 20.2 Å². The molecule has 22 heavy (non-hydrogen) atoms. The molecule has 1 aliphatic rings. The summed E-state index contributed by atoms with van der Waals surface area (Å²) in [4.78, 5) is 0. The second-order valence-electron chi connectivity index (χ2n) is 3.12. The van der Waals surface area contributed by atoms with Crippen LogP contribution >= 0.6 is 0 Å². The molecule has 0 bridgehead atoms. The molecule has 1 saturated heterocycles. The van der Waals surface area contributed by atoms with Crippen LogP contribution in [-0.4, -0.2) is 50.2 Å². The van der Waals surface area contributed by atoms with Crippen molar-refractivity contribution >= 4 is 20.2 Å². The molecule has 7 nitrogen and oxygen atoms in total. The number of alkyl halides is 6. The van der Waals surface area contributed by atoms with Gasteiger partial charge in [-0.2, -0.15) is 26.3 Å². The van der Waals surface area contributed by atoms with Crippen LogP contribution in [0.2, 0.25) is 0 Å². The topological polar surface area (TPSA) is 124 Å². The van der Waals surface area contributed by atoms with E-state index in [2.05, 4.69) is 0 Å². The van der Waals surface area contributed by atoms with Gasteiger partial charge in [-0.15, -0.1) is 0 Å². The number of ether oxygens (including phenoxy) is 1. The Kier molecular flexibility index (Phi) is 12.5. The van der Waals surface area contributed by atoms with Crippen LogP contribution in [0.4, 0.5) is 26.3 Å². The van der Waals surface area contributed by atoms with E-state index in [1.165, 1.54) is 12.8 Å². The van der Waals surface area contributed by atoms with Crippen molar-refractivity contribution < 1.29 is 82.9 Å². The maximum atomic E-state index is 10.7. The predicted molar refractivity (Wildman–Crippen MR) is 51.6 cm³/mol. The first-order valence-corrected chi connectivity index (χ1v) is 7.44. The molecule has 0 atom stereocenters. The molecule has 0 amide bonds. The van der Waals surface area contributed by atoms with Crippen LogP contribution in [0, 0.1) is 0 Å². The minimum absolute atomic E-state index is 0. The Morgan fingerprint density at radius 1 is 0.727 bits per heavy atom. The molecule has 16 heteroatoms. The van der Waals surface area contributed by atoms with E-state index in [4.69, 9.17) is 30.7 Å². The Balaban J connectivity index is -0.000000246. The zero-order valence-electron chi connectivity index (χ0n) is 10.3. The van der Waals surface area contributed by atoms with Crippen LogP contribution in [0.15, 0.2) is 0 Å². The van der Waals surface area contributed by atoms with Gasteiger partial charge < -0.3 is 13.8 Å². The van der Waals surface area contributed by atoms with Crippen molar-refractivity contribution in [2.24, 2.45) is 0 Å². The molecule has 1 rings (SSSR count). The van der Waals surface area contributed by atoms with Crippen molar-refractivity contribution in [1.29, 1.82) is 0 Å². The summed E-state index contributed by atoms with van der Waals surface area (Å²) in [5, 5.41) is 0. The Morgan fingerprint density at radius 3 is 0.955 bits per heavy atom. The Bertz CT molecular complexity index is 443. The first-order chi connectivity index (χ1) is 9.00. The second-order valence-corrected chi connectivity index (χ2v) is 5.86. The fourth-order valence-electron chi connectivity index (χ4n) is 0.510. The molecule has 1 aliphatic heterocycles. The summed E-state index contributed by atoms with van der Waals surface area (Å²) >= 11 is 0. The van der Waals surface area contributed by atoms with Crippen molar-refractivity contribution in [3.8, 4) is 0 Å². The number of rotatable bonds is 0. The third-order valence-corrected chi connectivity index (χ3v) is 2.53. The zero-order chi connectivity index (χ0) is 17.5. The molecule has 1 heterocycles. The van der Waals surface area contributed by atoms with E-state index in [1.54, 1.807) is 0 Å². The van der Waals surface area contributed by atoms with E-state index in [0.717, 1.165) is 13.2 Å². The minimum Gasteiger partial charge on any atom is -0.741 e. The van der Waals surface area contributed by atoms with Gasteiger partial charge in [-0.1, -0.05) is 0 Å². The van der Waals surface area contributed by atoms with Crippen molar-refractivity contribution in [3.63, 3.8) is 0 Å². The number of hydrogen-bond acceptors (Lipinski definition) is 7. The first kappa shape index (κ1) is 27.1. The summed E-state index contributed by atoms with van der Waals surface area (Å²) in [6, 6.07) is 0. The SMILES string of the molecule is C1CCOC1.O=S(=O)([O-])C(F)(F)F.O=S(=O)([O-])C(F)(F)F.[Hf]. The normalized spacial score (nSPS) is 15.6. The summed E-state index contributed by atoms with van der Waals surface area (Å²) in [5.74, 6) is 0. The molecule has 0 radical (unpaired) electrons. The predicted octanol–water partition coefficient (Wildman–Crippen LogP) is 0.897. The quantitative estimate of drug-likeness (QED) is 0.191. The fraction of sp³-hybridized carbons (Fsp3) is 1.00. The van der Waals surface area contributed by atoms with Gasteiger partial charge in [-0.25, -0.2) is 16.8 Å². The fourth-order valence-corrected chi connectivity index (χ4v) is 0.510. The van der Waals surface area contributed by atoms with Gasteiger partial charge in [0, 0.05) is 39.1 Å². The van der Waals surface area contributed by atoms with Gasteiger partial charge in [0.25, 0.3) is 0 Å². The van der Waals surface area contributed by atoms with Crippen LogP contribution < -0.4 is 0 Å². The summed E-state index contributed by atoms with van der Waals surface area (Å²) in [7, 11) is -12.2. The first-order valence-electron chi connectivity index (χ1n) is 4.62. The number of hydrogen-bond donors (Lipinski definition) is 0.